The third kappa shape index (κ3) is 3.94. The van der Waals surface area contributed by atoms with Gasteiger partial charge < -0.3 is 9.47 Å². The van der Waals surface area contributed by atoms with E-state index in [2.05, 4.69) is 0 Å². The van der Waals surface area contributed by atoms with Crippen LogP contribution >= 0.6 is 11.3 Å². The van der Waals surface area contributed by atoms with Crippen molar-refractivity contribution in [3.8, 4) is 33.1 Å². The summed E-state index contributed by atoms with van der Waals surface area (Å²) in [5, 5.41) is 0.633. The normalized spacial score (nSPS) is 11.5. The Balaban J connectivity index is 2.02. The number of benzene rings is 3. The van der Waals surface area contributed by atoms with Gasteiger partial charge in [0, 0.05) is 26.8 Å². The molecule has 4 rings (SSSR count). The molecular formula is C24H20O5S2. The summed E-state index contributed by atoms with van der Waals surface area (Å²) in [5.41, 5.74) is 1.91. The van der Waals surface area contributed by atoms with E-state index in [1.54, 1.807) is 50.6 Å². The third-order valence-corrected chi connectivity index (χ3v) is 7.36. The number of hydrogen-bond donors (Lipinski definition) is 0. The molecule has 0 fully saturated rings. The summed E-state index contributed by atoms with van der Waals surface area (Å²) in [6.45, 7) is 0. The molecule has 0 bridgehead atoms. The van der Waals surface area contributed by atoms with Crippen molar-refractivity contribution in [2.24, 2.45) is 0 Å². The SMILES string of the molecule is COc1ccc(-c2c(-c3ccc(S(C)(=O)=O)cc3)sc3ccccc3c2=O)cc1OC. The average Bonchev–Trinajstić information content (AvgIpc) is 2.78. The first-order valence-corrected chi connectivity index (χ1v) is 12.1. The Morgan fingerprint density at radius 3 is 2.10 bits per heavy atom. The molecule has 0 N–H and O–H groups in total. The van der Waals surface area contributed by atoms with E-state index < -0.39 is 9.84 Å². The van der Waals surface area contributed by atoms with Crippen LogP contribution in [0.3, 0.4) is 0 Å². The molecule has 31 heavy (non-hydrogen) atoms. The van der Waals surface area contributed by atoms with E-state index >= 15 is 0 Å². The topological polar surface area (TPSA) is 69.7 Å². The highest BCUT2D eigenvalue weighted by atomic mass is 32.2. The zero-order valence-corrected chi connectivity index (χ0v) is 18.8. The number of fused-ring (bicyclic) bond motifs is 1. The maximum atomic E-state index is 13.5. The predicted octanol–water partition coefficient (Wildman–Crippen LogP) is 5.02. The summed E-state index contributed by atoms with van der Waals surface area (Å²) >= 11 is 1.49. The molecule has 1 heterocycles. The summed E-state index contributed by atoms with van der Waals surface area (Å²) in [5.74, 6) is 1.10. The zero-order chi connectivity index (χ0) is 22.2. The molecule has 158 valence electrons. The second-order valence-electron chi connectivity index (χ2n) is 7.00. The van der Waals surface area contributed by atoms with Crippen molar-refractivity contribution >= 4 is 31.3 Å². The summed E-state index contributed by atoms with van der Waals surface area (Å²) in [6, 6.07) is 19.4. The molecule has 0 radical (unpaired) electrons. The van der Waals surface area contributed by atoms with Crippen LogP contribution in [0, 0.1) is 0 Å². The van der Waals surface area contributed by atoms with Crippen LogP contribution < -0.4 is 14.9 Å². The molecule has 0 amide bonds. The highest BCUT2D eigenvalue weighted by Gasteiger charge is 2.18. The standard InChI is InChI=1S/C24H20O5S2/c1-28-19-13-10-16(14-20(19)29-2)22-23(25)18-6-4-5-7-21(18)30-24(22)15-8-11-17(12-9-15)31(3,26)27/h4-14H,1-3H3. The molecule has 0 saturated heterocycles. The van der Waals surface area contributed by atoms with E-state index in [-0.39, 0.29) is 10.3 Å². The molecule has 0 saturated carbocycles. The maximum Gasteiger partial charge on any atom is 0.196 e. The zero-order valence-electron chi connectivity index (χ0n) is 17.2. The van der Waals surface area contributed by atoms with Crippen LogP contribution in [-0.2, 0) is 9.84 Å². The van der Waals surface area contributed by atoms with Gasteiger partial charge >= 0.3 is 0 Å². The lowest BCUT2D eigenvalue weighted by Gasteiger charge is -2.14. The smallest absolute Gasteiger partial charge is 0.196 e. The minimum Gasteiger partial charge on any atom is -0.493 e. The first-order valence-electron chi connectivity index (χ1n) is 9.42. The number of hydrogen-bond acceptors (Lipinski definition) is 6. The van der Waals surface area contributed by atoms with Gasteiger partial charge in [0.2, 0.25) is 0 Å². The van der Waals surface area contributed by atoms with Crippen molar-refractivity contribution in [3.63, 3.8) is 0 Å². The Hall–Kier alpha value is -3.16. The molecule has 3 aromatic carbocycles. The van der Waals surface area contributed by atoms with Crippen molar-refractivity contribution in [1.29, 1.82) is 0 Å². The van der Waals surface area contributed by atoms with Crippen LogP contribution in [0.15, 0.2) is 76.4 Å². The van der Waals surface area contributed by atoms with Crippen LogP contribution in [0.1, 0.15) is 0 Å². The van der Waals surface area contributed by atoms with Crippen LogP contribution in [0.2, 0.25) is 0 Å². The van der Waals surface area contributed by atoms with Gasteiger partial charge in [0.25, 0.3) is 0 Å². The van der Waals surface area contributed by atoms with Crippen molar-refractivity contribution < 1.29 is 17.9 Å². The fraction of sp³-hybridized carbons (Fsp3) is 0.125. The Bertz CT molecular complexity index is 1440. The first kappa shape index (κ1) is 21.1. The Morgan fingerprint density at radius 2 is 1.45 bits per heavy atom. The number of ether oxygens (including phenoxy) is 2. The van der Waals surface area contributed by atoms with E-state index in [9.17, 15) is 13.2 Å². The second kappa shape index (κ2) is 8.17. The summed E-state index contributed by atoms with van der Waals surface area (Å²) < 4.78 is 35.3. The van der Waals surface area contributed by atoms with E-state index in [1.165, 1.54) is 17.6 Å². The molecule has 0 aliphatic rings. The van der Waals surface area contributed by atoms with Crippen LogP contribution in [0.5, 0.6) is 11.5 Å². The molecule has 0 aliphatic heterocycles. The van der Waals surface area contributed by atoms with E-state index in [0.29, 0.717) is 28.0 Å². The fourth-order valence-electron chi connectivity index (χ4n) is 3.45. The molecule has 7 heteroatoms. The second-order valence-corrected chi connectivity index (χ2v) is 10.1. The largest absolute Gasteiger partial charge is 0.493 e. The summed E-state index contributed by atoms with van der Waals surface area (Å²) in [7, 11) is -0.204. The molecule has 0 unspecified atom stereocenters. The quantitative estimate of drug-likeness (QED) is 0.425. The van der Waals surface area contributed by atoms with Gasteiger partial charge in [-0.3, -0.25) is 4.79 Å². The molecular weight excluding hydrogens is 432 g/mol. The minimum absolute atomic E-state index is 0.0937. The van der Waals surface area contributed by atoms with Crippen molar-refractivity contribution in [2.45, 2.75) is 4.90 Å². The first-order chi connectivity index (χ1) is 14.8. The molecule has 1 aromatic heterocycles. The highest BCUT2D eigenvalue weighted by molar-refractivity contribution is 7.90. The lowest BCUT2D eigenvalue weighted by molar-refractivity contribution is 0.355. The van der Waals surface area contributed by atoms with Crippen LogP contribution in [0.4, 0.5) is 0 Å². The van der Waals surface area contributed by atoms with Crippen molar-refractivity contribution in [3.05, 3.63) is 77.0 Å². The molecule has 4 aromatic rings. The fourth-order valence-corrected chi connectivity index (χ4v) is 5.29. The summed E-state index contributed by atoms with van der Waals surface area (Å²) in [6.07, 6.45) is 1.17. The third-order valence-electron chi connectivity index (χ3n) is 5.01. The molecule has 5 nitrogen and oxygen atoms in total. The highest BCUT2D eigenvalue weighted by Crippen LogP contribution is 2.39. The van der Waals surface area contributed by atoms with Gasteiger partial charge in [-0.1, -0.05) is 30.3 Å². The number of methoxy groups -OCH3 is 2. The van der Waals surface area contributed by atoms with E-state index in [0.717, 1.165) is 15.1 Å². The van der Waals surface area contributed by atoms with Gasteiger partial charge in [-0.05, 0) is 47.5 Å². The monoisotopic (exact) mass is 452 g/mol. The minimum atomic E-state index is -3.31. The molecule has 0 atom stereocenters. The van der Waals surface area contributed by atoms with Gasteiger partial charge in [0.1, 0.15) is 0 Å². The Labute approximate surface area is 184 Å². The van der Waals surface area contributed by atoms with E-state index in [1.807, 2.05) is 30.3 Å². The van der Waals surface area contributed by atoms with Gasteiger partial charge in [-0.25, -0.2) is 8.42 Å². The Morgan fingerprint density at radius 1 is 0.806 bits per heavy atom. The number of rotatable bonds is 5. The molecule has 0 spiro atoms. The predicted molar refractivity (Wildman–Crippen MR) is 125 cm³/mol. The Kier molecular flexibility index (Phi) is 5.56. The van der Waals surface area contributed by atoms with Gasteiger partial charge in [0.15, 0.2) is 26.8 Å². The van der Waals surface area contributed by atoms with E-state index in [4.69, 9.17) is 9.47 Å². The maximum absolute atomic E-state index is 13.5. The van der Waals surface area contributed by atoms with Gasteiger partial charge in [-0.2, -0.15) is 0 Å². The van der Waals surface area contributed by atoms with Crippen LogP contribution in [-0.4, -0.2) is 28.9 Å². The summed E-state index contributed by atoms with van der Waals surface area (Å²) in [4.78, 5) is 14.5. The van der Waals surface area contributed by atoms with Gasteiger partial charge in [-0.15, -0.1) is 11.3 Å². The number of sulfone groups is 1. The molecule has 0 aliphatic carbocycles. The van der Waals surface area contributed by atoms with Crippen molar-refractivity contribution in [2.75, 3.05) is 20.5 Å². The lowest BCUT2D eigenvalue weighted by Crippen LogP contribution is -2.06. The van der Waals surface area contributed by atoms with Crippen molar-refractivity contribution in [1.82, 2.24) is 0 Å². The van der Waals surface area contributed by atoms with Gasteiger partial charge in [0.05, 0.1) is 19.1 Å². The lowest BCUT2D eigenvalue weighted by atomic mass is 10.00. The van der Waals surface area contributed by atoms with Crippen LogP contribution in [0.25, 0.3) is 31.7 Å². The average molecular weight is 453 g/mol.